The van der Waals surface area contributed by atoms with Gasteiger partial charge in [0.25, 0.3) is 0 Å². The minimum absolute atomic E-state index is 0.654. The molecular formula is C15H28N3. The molecule has 0 fully saturated rings. The van der Waals surface area contributed by atoms with E-state index in [4.69, 9.17) is 0 Å². The summed E-state index contributed by atoms with van der Waals surface area (Å²) in [6.07, 6.45) is 7.60. The van der Waals surface area contributed by atoms with Crippen molar-refractivity contribution in [3.8, 4) is 0 Å². The third-order valence-corrected chi connectivity index (χ3v) is 3.83. The summed E-state index contributed by atoms with van der Waals surface area (Å²) in [4.78, 5) is 0. The standard InChI is InChI=1S/C15H28N3/c1-12(2)6-7-13(3)10-14(4)15(5)11-18-9-8-16-17-18/h8-9,13-15H,6-7,10-11H2,1-5H3. The lowest BCUT2D eigenvalue weighted by Gasteiger charge is -2.23. The Balaban J connectivity index is 2.28. The van der Waals surface area contributed by atoms with Crippen LogP contribution in [0.3, 0.4) is 0 Å². The molecule has 1 aromatic heterocycles. The van der Waals surface area contributed by atoms with Gasteiger partial charge in [0.05, 0.1) is 6.20 Å². The SMILES string of the molecule is C[C](C)CCC(C)CC(C)C(C)Cn1ccnn1. The van der Waals surface area contributed by atoms with Crippen LogP contribution in [0.1, 0.15) is 53.9 Å². The van der Waals surface area contributed by atoms with E-state index in [0.717, 1.165) is 18.4 Å². The second kappa shape index (κ2) is 7.55. The molecule has 0 bridgehead atoms. The van der Waals surface area contributed by atoms with Gasteiger partial charge in [-0.1, -0.05) is 46.3 Å². The predicted molar refractivity (Wildman–Crippen MR) is 76.0 cm³/mol. The molecule has 0 N–H and O–H groups in total. The number of hydrogen-bond acceptors (Lipinski definition) is 2. The maximum atomic E-state index is 4.04. The van der Waals surface area contributed by atoms with E-state index < -0.39 is 0 Å². The molecule has 1 rings (SSSR count). The van der Waals surface area contributed by atoms with Crippen molar-refractivity contribution >= 4 is 0 Å². The van der Waals surface area contributed by atoms with Crippen molar-refractivity contribution in [2.45, 2.75) is 60.4 Å². The minimum Gasteiger partial charge on any atom is -0.252 e. The van der Waals surface area contributed by atoms with Crippen LogP contribution < -0.4 is 0 Å². The Kier molecular flexibility index (Phi) is 6.37. The summed E-state index contributed by atoms with van der Waals surface area (Å²) in [6, 6.07) is 0. The first-order valence-corrected chi connectivity index (χ1v) is 7.12. The fourth-order valence-corrected chi connectivity index (χ4v) is 2.33. The monoisotopic (exact) mass is 250 g/mol. The molecule has 3 unspecified atom stereocenters. The Morgan fingerprint density at radius 2 is 1.89 bits per heavy atom. The molecule has 0 amide bonds. The number of rotatable bonds is 8. The largest absolute Gasteiger partial charge is 0.252 e. The van der Waals surface area contributed by atoms with Crippen LogP contribution in [0.5, 0.6) is 0 Å². The first-order chi connectivity index (χ1) is 8.49. The third kappa shape index (κ3) is 5.65. The molecule has 3 heteroatoms. The first-order valence-electron chi connectivity index (χ1n) is 7.12. The fourth-order valence-electron chi connectivity index (χ4n) is 2.33. The second-order valence-electron chi connectivity index (χ2n) is 6.17. The first kappa shape index (κ1) is 15.2. The van der Waals surface area contributed by atoms with Gasteiger partial charge in [0.2, 0.25) is 0 Å². The van der Waals surface area contributed by atoms with Gasteiger partial charge in [-0.05, 0) is 36.5 Å². The van der Waals surface area contributed by atoms with E-state index in [0.29, 0.717) is 5.92 Å². The minimum atomic E-state index is 0.654. The van der Waals surface area contributed by atoms with Crippen molar-refractivity contribution in [1.29, 1.82) is 0 Å². The molecule has 18 heavy (non-hydrogen) atoms. The smallest absolute Gasteiger partial charge is 0.0692 e. The second-order valence-corrected chi connectivity index (χ2v) is 6.17. The Bertz CT molecular complexity index is 306. The van der Waals surface area contributed by atoms with Gasteiger partial charge in [-0.25, -0.2) is 0 Å². The van der Waals surface area contributed by atoms with Gasteiger partial charge in [0.1, 0.15) is 0 Å². The summed E-state index contributed by atoms with van der Waals surface area (Å²) in [6.45, 7) is 12.5. The molecule has 3 atom stereocenters. The van der Waals surface area contributed by atoms with E-state index in [2.05, 4.69) is 44.9 Å². The van der Waals surface area contributed by atoms with Crippen molar-refractivity contribution in [3.63, 3.8) is 0 Å². The molecule has 0 aliphatic rings. The van der Waals surface area contributed by atoms with E-state index >= 15 is 0 Å². The molecule has 0 saturated carbocycles. The van der Waals surface area contributed by atoms with Gasteiger partial charge in [-0.15, -0.1) is 5.10 Å². The zero-order valence-corrected chi connectivity index (χ0v) is 12.6. The van der Waals surface area contributed by atoms with Gasteiger partial charge in [0, 0.05) is 12.7 Å². The van der Waals surface area contributed by atoms with Gasteiger partial charge >= 0.3 is 0 Å². The highest BCUT2D eigenvalue weighted by Crippen LogP contribution is 2.25. The molecule has 1 radical (unpaired) electrons. The summed E-state index contributed by atoms with van der Waals surface area (Å²) < 4.78 is 1.94. The van der Waals surface area contributed by atoms with E-state index in [-0.39, 0.29) is 0 Å². The number of aromatic nitrogens is 3. The van der Waals surface area contributed by atoms with Crippen LogP contribution in [0.2, 0.25) is 0 Å². The Morgan fingerprint density at radius 1 is 1.17 bits per heavy atom. The zero-order chi connectivity index (χ0) is 13.5. The van der Waals surface area contributed by atoms with Crippen LogP contribution in [-0.2, 0) is 6.54 Å². The Hall–Kier alpha value is -0.860. The molecule has 0 aliphatic heterocycles. The van der Waals surface area contributed by atoms with E-state index in [9.17, 15) is 0 Å². The average Bonchev–Trinajstić information content (AvgIpc) is 2.79. The molecule has 1 heterocycles. The van der Waals surface area contributed by atoms with Crippen LogP contribution in [0.4, 0.5) is 0 Å². The lowest BCUT2D eigenvalue weighted by atomic mass is 9.85. The van der Waals surface area contributed by atoms with Crippen LogP contribution in [-0.4, -0.2) is 15.0 Å². The molecule has 103 valence electrons. The van der Waals surface area contributed by atoms with Crippen molar-refractivity contribution in [3.05, 3.63) is 18.3 Å². The average molecular weight is 250 g/mol. The zero-order valence-electron chi connectivity index (χ0n) is 12.6. The van der Waals surface area contributed by atoms with Gasteiger partial charge in [-0.2, -0.15) is 0 Å². The summed E-state index contributed by atoms with van der Waals surface area (Å²) >= 11 is 0. The van der Waals surface area contributed by atoms with Crippen LogP contribution in [0.15, 0.2) is 12.4 Å². The van der Waals surface area contributed by atoms with Gasteiger partial charge < -0.3 is 0 Å². The quantitative estimate of drug-likeness (QED) is 0.699. The highest BCUT2D eigenvalue weighted by Gasteiger charge is 2.16. The topological polar surface area (TPSA) is 30.7 Å². The molecule has 0 spiro atoms. The lowest BCUT2D eigenvalue weighted by Crippen LogP contribution is -2.18. The van der Waals surface area contributed by atoms with E-state index in [1.54, 1.807) is 12.1 Å². The normalized spacial score (nSPS) is 16.8. The van der Waals surface area contributed by atoms with Crippen LogP contribution in [0, 0.1) is 23.7 Å². The van der Waals surface area contributed by atoms with Crippen LogP contribution >= 0.6 is 0 Å². The maximum Gasteiger partial charge on any atom is 0.0692 e. The van der Waals surface area contributed by atoms with Crippen molar-refractivity contribution < 1.29 is 0 Å². The highest BCUT2D eigenvalue weighted by atomic mass is 15.4. The predicted octanol–water partition coefficient (Wildman–Crippen LogP) is 3.97. The molecule has 0 saturated heterocycles. The molecule has 0 aromatic carbocycles. The Labute approximate surface area is 112 Å². The lowest BCUT2D eigenvalue weighted by molar-refractivity contribution is 0.269. The molecular weight excluding hydrogens is 222 g/mol. The van der Waals surface area contributed by atoms with E-state index in [1.807, 2.05) is 10.9 Å². The van der Waals surface area contributed by atoms with Crippen molar-refractivity contribution in [1.82, 2.24) is 15.0 Å². The molecule has 3 nitrogen and oxygen atoms in total. The molecule has 1 aromatic rings. The van der Waals surface area contributed by atoms with Crippen molar-refractivity contribution in [2.24, 2.45) is 17.8 Å². The fraction of sp³-hybridized carbons (Fsp3) is 0.800. The number of nitrogens with zero attached hydrogens (tertiary/aromatic N) is 3. The maximum absolute atomic E-state index is 4.04. The Morgan fingerprint density at radius 3 is 2.44 bits per heavy atom. The summed E-state index contributed by atoms with van der Waals surface area (Å²) in [5.41, 5.74) is 0. The van der Waals surface area contributed by atoms with Crippen LogP contribution in [0.25, 0.3) is 0 Å². The summed E-state index contributed by atoms with van der Waals surface area (Å²) in [5.74, 6) is 3.75. The third-order valence-electron chi connectivity index (χ3n) is 3.83. The summed E-state index contributed by atoms with van der Waals surface area (Å²) in [5, 5.41) is 7.90. The highest BCUT2D eigenvalue weighted by molar-refractivity contribution is 4.78. The van der Waals surface area contributed by atoms with Gasteiger partial charge in [0.15, 0.2) is 0 Å². The summed E-state index contributed by atoms with van der Waals surface area (Å²) in [7, 11) is 0. The van der Waals surface area contributed by atoms with Gasteiger partial charge in [-0.3, -0.25) is 4.68 Å². The van der Waals surface area contributed by atoms with E-state index in [1.165, 1.54) is 19.3 Å². The molecule has 0 aliphatic carbocycles. The van der Waals surface area contributed by atoms with Crippen molar-refractivity contribution in [2.75, 3.05) is 0 Å². The number of hydrogen-bond donors (Lipinski definition) is 0.